The lowest BCUT2D eigenvalue weighted by atomic mass is 9.49. The second-order valence-corrected chi connectivity index (χ2v) is 11.2. The van der Waals surface area contributed by atoms with E-state index in [9.17, 15) is 9.59 Å². The van der Waals surface area contributed by atoms with Crippen LogP contribution in [0.3, 0.4) is 0 Å². The molecule has 2 amide bonds. The molecule has 0 radical (unpaired) electrons. The third-order valence-electron chi connectivity index (χ3n) is 8.08. The average molecular weight is 431 g/mol. The summed E-state index contributed by atoms with van der Waals surface area (Å²) in [7, 11) is 0. The van der Waals surface area contributed by atoms with E-state index in [0.717, 1.165) is 64.4 Å². The molecule has 30 heavy (non-hydrogen) atoms. The second kappa shape index (κ2) is 7.31. The van der Waals surface area contributed by atoms with E-state index in [0.29, 0.717) is 39.5 Å². The SMILES string of the molecule is O=C(c1c(NC(=O)C23CC4CC(CC(C4)C2)C3)sc2c1CCOC2)N1CCOCC1. The van der Waals surface area contributed by atoms with Crippen LogP contribution >= 0.6 is 11.3 Å². The van der Waals surface area contributed by atoms with Crippen LogP contribution in [-0.4, -0.2) is 49.6 Å². The van der Waals surface area contributed by atoms with Gasteiger partial charge < -0.3 is 19.7 Å². The zero-order chi connectivity index (χ0) is 20.3. The van der Waals surface area contributed by atoms with E-state index in [1.165, 1.54) is 19.3 Å². The Kier molecular flexibility index (Phi) is 4.70. The summed E-state index contributed by atoms with van der Waals surface area (Å²) >= 11 is 1.55. The molecule has 1 aromatic rings. The highest BCUT2D eigenvalue weighted by atomic mass is 32.1. The summed E-state index contributed by atoms with van der Waals surface area (Å²) in [4.78, 5) is 30.1. The van der Waals surface area contributed by atoms with Gasteiger partial charge in [0.05, 0.1) is 37.4 Å². The quantitative estimate of drug-likeness (QED) is 0.798. The van der Waals surface area contributed by atoms with Crippen molar-refractivity contribution in [1.29, 1.82) is 0 Å². The minimum atomic E-state index is -0.213. The summed E-state index contributed by atoms with van der Waals surface area (Å²) in [6, 6.07) is 0. The molecule has 6 aliphatic rings. The number of carbonyl (C=O) groups excluding carboxylic acids is 2. The van der Waals surface area contributed by atoms with Gasteiger partial charge in [-0.2, -0.15) is 0 Å². The molecule has 7 heteroatoms. The number of hydrogen-bond acceptors (Lipinski definition) is 5. The van der Waals surface area contributed by atoms with E-state index in [1.807, 2.05) is 4.90 Å². The molecule has 0 aromatic carbocycles. The first-order valence-corrected chi connectivity index (χ1v) is 12.3. The van der Waals surface area contributed by atoms with Crippen molar-refractivity contribution in [2.45, 2.75) is 51.6 Å². The minimum absolute atomic E-state index is 0.0403. The normalized spacial score (nSPS) is 34.7. The van der Waals surface area contributed by atoms with Crippen LogP contribution in [0.25, 0.3) is 0 Å². The molecule has 1 N–H and O–H groups in total. The molecule has 1 aromatic heterocycles. The maximum absolute atomic E-state index is 13.6. The standard InChI is InChI=1S/C23H30N2O4S/c26-21(25-2-5-28-6-3-25)19-17-1-4-29-13-18(17)30-20(19)24-22(27)23-10-14-7-15(11-23)9-16(8-14)12-23/h14-16H,1-13H2,(H,24,27). The Morgan fingerprint density at radius 2 is 1.63 bits per heavy atom. The third-order valence-corrected chi connectivity index (χ3v) is 9.20. The van der Waals surface area contributed by atoms with Gasteiger partial charge in [-0.15, -0.1) is 11.3 Å². The Balaban J connectivity index is 1.31. The molecule has 4 aliphatic carbocycles. The number of thiophene rings is 1. The fourth-order valence-corrected chi connectivity index (χ4v) is 8.27. The fourth-order valence-electron chi connectivity index (χ4n) is 7.10. The molecule has 3 heterocycles. The maximum Gasteiger partial charge on any atom is 0.257 e. The van der Waals surface area contributed by atoms with Crippen molar-refractivity contribution in [3.63, 3.8) is 0 Å². The molecule has 7 rings (SSSR count). The van der Waals surface area contributed by atoms with Crippen molar-refractivity contribution < 1.29 is 19.1 Å². The van der Waals surface area contributed by atoms with Crippen molar-refractivity contribution in [2.75, 3.05) is 38.2 Å². The van der Waals surface area contributed by atoms with Crippen molar-refractivity contribution >= 4 is 28.2 Å². The molecule has 0 unspecified atom stereocenters. The molecule has 2 aliphatic heterocycles. The highest BCUT2D eigenvalue weighted by Crippen LogP contribution is 2.60. The number of amides is 2. The number of morpholine rings is 1. The van der Waals surface area contributed by atoms with Gasteiger partial charge in [-0.1, -0.05) is 0 Å². The van der Waals surface area contributed by atoms with E-state index in [4.69, 9.17) is 9.47 Å². The Bertz CT molecular complexity index is 838. The number of anilines is 1. The van der Waals surface area contributed by atoms with Crippen LogP contribution in [0, 0.1) is 23.2 Å². The molecule has 5 fully saturated rings. The summed E-state index contributed by atoms with van der Waals surface area (Å²) in [6.45, 7) is 3.56. The molecule has 1 saturated heterocycles. The minimum Gasteiger partial charge on any atom is -0.378 e. The number of nitrogens with one attached hydrogen (secondary N) is 1. The van der Waals surface area contributed by atoms with Crippen LogP contribution < -0.4 is 5.32 Å². The first kappa shape index (κ1) is 19.3. The van der Waals surface area contributed by atoms with Gasteiger partial charge in [0, 0.05) is 18.0 Å². The van der Waals surface area contributed by atoms with Gasteiger partial charge in [0.25, 0.3) is 5.91 Å². The van der Waals surface area contributed by atoms with Gasteiger partial charge >= 0.3 is 0 Å². The first-order chi connectivity index (χ1) is 14.6. The van der Waals surface area contributed by atoms with Gasteiger partial charge in [0.1, 0.15) is 5.00 Å². The van der Waals surface area contributed by atoms with Crippen LogP contribution in [-0.2, 0) is 27.3 Å². The Hall–Kier alpha value is -1.44. The topological polar surface area (TPSA) is 67.9 Å². The first-order valence-electron chi connectivity index (χ1n) is 11.5. The van der Waals surface area contributed by atoms with E-state index >= 15 is 0 Å². The lowest BCUT2D eigenvalue weighted by molar-refractivity contribution is -0.140. The predicted octanol–water partition coefficient (Wildman–Crippen LogP) is 3.45. The van der Waals surface area contributed by atoms with Gasteiger partial charge in [-0.25, -0.2) is 0 Å². The third kappa shape index (κ3) is 3.12. The van der Waals surface area contributed by atoms with E-state index in [-0.39, 0.29) is 17.2 Å². The van der Waals surface area contributed by atoms with Crippen molar-refractivity contribution in [1.82, 2.24) is 4.90 Å². The zero-order valence-electron chi connectivity index (χ0n) is 17.4. The fraction of sp³-hybridized carbons (Fsp3) is 0.739. The molecule has 162 valence electrons. The summed E-state index contributed by atoms with van der Waals surface area (Å²) in [5.41, 5.74) is 1.59. The number of nitrogens with zero attached hydrogens (tertiary/aromatic N) is 1. The zero-order valence-corrected chi connectivity index (χ0v) is 18.2. The largest absolute Gasteiger partial charge is 0.378 e. The Morgan fingerprint density at radius 1 is 0.967 bits per heavy atom. The molecular weight excluding hydrogens is 400 g/mol. The van der Waals surface area contributed by atoms with Crippen LogP contribution in [0.5, 0.6) is 0 Å². The number of rotatable bonds is 3. The molecular formula is C23H30N2O4S. The summed E-state index contributed by atoms with van der Waals surface area (Å²) in [5, 5.41) is 4.04. The Morgan fingerprint density at radius 3 is 2.30 bits per heavy atom. The van der Waals surface area contributed by atoms with E-state index in [2.05, 4.69) is 5.32 Å². The van der Waals surface area contributed by atoms with Crippen molar-refractivity contribution in [3.05, 3.63) is 16.0 Å². The van der Waals surface area contributed by atoms with Crippen LogP contribution in [0.15, 0.2) is 0 Å². The predicted molar refractivity (Wildman–Crippen MR) is 114 cm³/mol. The smallest absolute Gasteiger partial charge is 0.257 e. The summed E-state index contributed by atoms with van der Waals surface area (Å²) in [5.74, 6) is 2.37. The summed E-state index contributed by atoms with van der Waals surface area (Å²) in [6.07, 6.45) is 7.79. The Labute approximate surface area is 181 Å². The number of carbonyl (C=O) groups is 2. The molecule has 6 nitrogen and oxygen atoms in total. The van der Waals surface area contributed by atoms with Gasteiger partial charge in [0.2, 0.25) is 5.91 Å². The van der Waals surface area contributed by atoms with Crippen LogP contribution in [0.4, 0.5) is 5.00 Å². The van der Waals surface area contributed by atoms with Gasteiger partial charge in [0.15, 0.2) is 0 Å². The second-order valence-electron chi connectivity index (χ2n) is 10.1. The molecule has 0 atom stereocenters. The molecule has 0 spiro atoms. The lowest BCUT2D eigenvalue weighted by Crippen LogP contribution is -2.51. The van der Waals surface area contributed by atoms with Crippen LogP contribution in [0.2, 0.25) is 0 Å². The van der Waals surface area contributed by atoms with Gasteiger partial charge in [-0.3, -0.25) is 9.59 Å². The summed E-state index contributed by atoms with van der Waals surface area (Å²) < 4.78 is 11.1. The maximum atomic E-state index is 13.6. The van der Waals surface area contributed by atoms with Gasteiger partial charge in [-0.05, 0) is 68.3 Å². The molecule has 4 bridgehead atoms. The monoisotopic (exact) mass is 430 g/mol. The number of ether oxygens (including phenoxy) is 2. The lowest BCUT2D eigenvalue weighted by Gasteiger charge is -2.55. The van der Waals surface area contributed by atoms with E-state index in [1.54, 1.807) is 11.3 Å². The van der Waals surface area contributed by atoms with Crippen LogP contribution in [0.1, 0.15) is 59.3 Å². The highest BCUT2D eigenvalue weighted by Gasteiger charge is 2.54. The number of fused-ring (bicyclic) bond motifs is 1. The van der Waals surface area contributed by atoms with Crippen molar-refractivity contribution in [3.8, 4) is 0 Å². The number of hydrogen-bond donors (Lipinski definition) is 1. The van der Waals surface area contributed by atoms with Crippen molar-refractivity contribution in [2.24, 2.45) is 23.2 Å². The average Bonchev–Trinajstić information content (AvgIpc) is 3.10. The molecule has 4 saturated carbocycles. The highest BCUT2D eigenvalue weighted by molar-refractivity contribution is 7.17. The van der Waals surface area contributed by atoms with E-state index < -0.39 is 0 Å².